The maximum atomic E-state index is 5.93. The first-order chi connectivity index (χ1) is 10.2. The fraction of sp³-hybridized carbons (Fsp3) is 0.294. The van der Waals surface area contributed by atoms with Gasteiger partial charge in [-0.2, -0.15) is 0 Å². The summed E-state index contributed by atoms with van der Waals surface area (Å²) in [5.74, 6) is 2.29. The Morgan fingerprint density at radius 3 is 2.29 bits per heavy atom. The molecule has 0 fully saturated rings. The molecule has 0 radical (unpaired) electrons. The van der Waals surface area contributed by atoms with Crippen molar-refractivity contribution in [3.05, 3.63) is 53.1 Å². The fourth-order valence-electron chi connectivity index (χ4n) is 2.09. The van der Waals surface area contributed by atoms with Crippen LogP contribution in [0.3, 0.4) is 0 Å². The minimum atomic E-state index is 0.437. The monoisotopic (exact) mass is 350 g/mol. The SMILES string of the molecule is COc1ccc(C)cc1COc1cc(CBr)ccc1OC. The van der Waals surface area contributed by atoms with Crippen LogP contribution in [0.2, 0.25) is 0 Å². The normalized spacial score (nSPS) is 10.3. The molecule has 2 rings (SSSR count). The summed E-state index contributed by atoms with van der Waals surface area (Å²) in [6.45, 7) is 2.49. The molecule has 0 heterocycles. The van der Waals surface area contributed by atoms with Gasteiger partial charge in [-0.3, -0.25) is 0 Å². The average Bonchev–Trinajstić information content (AvgIpc) is 2.52. The van der Waals surface area contributed by atoms with Gasteiger partial charge in [0.25, 0.3) is 0 Å². The van der Waals surface area contributed by atoms with E-state index in [2.05, 4.69) is 28.9 Å². The molecule has 21 heavy (non-hydrogen) atoms. The molecule has 4 heteroatoms. The van der Waals surface area contributed by atoms with Crippen molar-refractivity contribution in [3.63, 3.8) is 0 Å². The highest BCUT2D eigenvalue weighted by Crippen LogP contribution is 2.30. The summed E-state index contributed by atoms with van der Waals surface area (Å²) in [6, 6.07) is 12.0. The lowest BCUT2D eigenvalue weighted by Gasteiger charge is -2.14. The van der Waals surface area contributed by atoms with Gasteiger partial charge >= 0.3 is 0 Å². The average molecular weight is 351 g/mol. The molecular formula is C17H19BrO3. The van der Waals surface area contributed by atoms with Crippen LogP contribution in [0.25, 0.3) is 0 Å². The molecule has 0 unspecified atom stereocenters. The highest BCUT2D eigenvalue weighted by molar-refractivity contribution is 9.08. The van der Waals surface area contributed by atoms with E-state index >= 15 is 0 Å². The number of ether oxygens (including phenoxy) is 3. The molecule has 0 saturated carbocycles. The third-order valence-electron chi connectivity index (χ3n) is 3.20. The van der Waals surface area contributed by atoms with Crippen molar-refractivity contribution in [3.8, 4) is 17.2 Å². The van der Waals surface area contributed by atoms with E-state index in [-0.39, 0.29) is 0 Å². The van der Waals surface area contributed by atoms with Crippen LogP contribution in [-0.4, -0.2) is 14.2 Å². The zero-order valence-electron chi connectivity index (χ0n) is 12.5. The van der Waals surface area contributed by atoms with Crippen molar-refractivity contribution in [2.75, 3.05) is 14.2 Å². The Morgan fingerprint density at radius 1 is 0.905 bits per heavy atom. The van der Waals surface area contributed by atoms with E-state index in [1.165, 1.54) is 5.56 Å². The first kappa shape index (κ1) is 15.7. The molecule has 0 N–H and O–H groups in total. The number of halogens is 1. The van der Waals surface area contributed by atoms with Crippen LogP contribution in [0.15, 0.2) is 36.4 Å². The molecule has 2 aromatic carbocycles. The number of aryl methyl sites for hydroxylation is 1. The molecule has 112 valence electrons. The highest BCUT2D eigenvalue weighted by Gasteiger charge is 2.09. The topological polar surface area (TPSA) is 27.7 Å². The van der Waals surface area contributed by atoms with Crippen LogP contribution >= 0.6 is 15.9 Å². The number of rotatable bonds is 6. The quantitative estimate of drug-likeness (QED) is 0.718. The molecule has 0 aliphatic carbocycles. The number of hydrogen-bond acceptors (Lipinski definition) is 3. The second-order valence-corrected chi connectivity index (χ2v) is 5.28. The second-order valence-electron chi connectivity index (χ2n) is 4.72. The van der Waals surface area contributed by atoms with E-state index in [9.17, 15) is 0 Å². The molecule has 0 spiro atoms. The van der Waals surface area contributed by atoms with Crippen molar-refractivity contribution in [1.82, 2.24) is 0 Å². The Bertz CT molecular complexity index is 611. The van der Waals surface area contributed by atoms with Gasteiger partial charge < -0.3 is 14.2 Å². The fourth-order valence-corrected chi connectivity index (χ4v) is 2.44. The highest BCUT2D eigenvalue weighted by atomic mass is 79.9. The number of benzene rings is 2. The molecule has 0 aliphatic heterocycles. The molecule has 0 saturated heterocycles. The van der Waals surface area contributed by atoms with Crippen molar-refractivity contribution in [1.29, 1.82) is 0 Å². The lowest BCUT2D eigenvalue weighted by Crippen LogP contribution is -2.01. The summed E-state index contributed by atoms with van der Waals surface area (Å²) < 4.78 is 16.6. The maximum Gasteiger partial charge on any atom is 0.161 e. The number of hydrogen-bond donors (Lipinski definition) is 0. The smallest absolute Gasteiger partial charge is 0.161 e. The Morgan fingerprint density at radius 2 is 1.62 bits per heavy atom. The lowest BCUT2D eigenvalue weighted by atomic mass is 10.1. The summed E-state index contributed by atoms with van der Waals surface area (Å²) in [5.41, 5.74) is 3.33. The summed E-state index contributed by atoms with van der Waals surface area (Å²) in [7, 11) is 3.31. The Hall–Kier alpha value is -1.68. The third kappa shape index (κ3) is 3.91. The van der Waals surface area contributed by atoms with Crippen LogP contribution in [0.5, 0.6) is 17.2 Å². The van der Waals surface area contributed by atoms with Gasteiger partial charge in [-0.25, -0.2) is 0 Å². The van der Waals surface area contributed by atoms with E-state index < -0.39 is 0 Å². The van der Waals surface area contributed by atoms with Crippen molar-refractivity contribution in [2.45, 2.75) is 18.9 Å². The second kappa shape index (κ2) is 7.36. The minimum Gasteiger partial charge on any atom is -0.496 e. The molecular weight excluding hydrogens is 332 g/mol. The first-order valence-corrected chi connectivity index (χ1v) is 7.79. The van der Waals surface area contributed by atoms with Crippen molar-refractivity contribution < 1.29 is 14.2 Å². The summed E-state index contributed by atoms with van der Waals surface area (Å²) in [6.07, 6.45) is 0. The lowest BCUT2D eigenvalue weighted by molar-refractivity contribution is 0.278. The van der Waals surface area contributed by atoms with E-state index in [0.717, 1.165) is 33.7 Å². The van der Waals surface area contributed by atoms with Gasteiger partial charge in [0, 0.05) is 10.9 Å². The molecule has 0 atom stereocenters. The van der Waals surface area contributed by atoms with Gasteiger partial charge in [-0.15, -0.1) is 0 Å². The predicted octanol–water partition coefficient (Wildman–Crippen LogP) is 4.49. The molecule has 3 nitrogen and oxygen atoms in total. The van der Waals surface area contributed by atoms with Crippen LogP contribution < -0.4 is 14.2 Å². The van der Waals surface area contributed by atoms with Gasteiger partial charge in [0.05, 0.1) is 14.2 Å². The van der Waals surface area contributed by atoms with Crippen LogP contribution in [0.1, 0.15) is 16.7 Å². The van der Waals surface area contributed by atoms with E-state index in [4.69, 9.17) is 14.2 Å². The van der Waals surface area contributed by atoms with E-state index in [0.29, 0.717) is 6.61 Å². The zero-order chi connectivity index (χ0) is 15.2. The van der Waals surface area contributed by atoms with Crippen LogP contribution in [-0.2, 0) is 11.9 Å². The standard InChI is InChI=1S/C17H19BrO3/c1-12-4-6-15(19-2)14(8-12)11-21-17-9-13(10-18)5-7-16(17)20-3/h4-9H,10-11H2,1-3H3. The van der Waals surface area contributed by atoms with E-state index in [1.54, 1.807) is 14.2 Å². The molecule has 0 amide bonds. The third-order valence-corrected chi connectivity index (χ3v) is 3.85. The number of methoxy groups -OCH3 is 2. The first-order valence-electron chi connectivity index (χ1n) is 6.67. The van der Waals surface area contributed by atoms with Gasteiger partial charge in [0.2, 0.25) is 0 Å². The molecule has 2 aromatic rings. The van der Waals surface area contributed by atoms with Crippen LogP contribution in [0, 0.1) is 6.92 Å². The Balaban J connectivity index is 2.21. The van der Waals surface area contributed by atoms with Gasteiger partial charge in [0.15, 0.2) is 11.5 Å². The maximum absolute atomic E-state index is 5.93. The Kier molecular flexibility index (Phi) is 5.51. The number of alkyl halides is 1. The van der Waals surface area contributed by atoms with Crippen LogP contribution in [0.4, 0.5) is 0 Å². The van der Waals surface area contributed by atoms with Crippen molar-refractivity contribution >= 4 is 15.9 Å². The van der Waals surface area contributed by atoms with E-state index in [1.807, 2.05) is 30.3 Å². The van der Waals surface area contributed by atoms with Gasteiger partial charge in [-0.05, 0) is 36.8 Å². The minimum absolute atomic E-state index is 0.437. The molecule has 0 bridgehead atoms. The van der Waals surface area contributed by atoms with Gasteiger partial charge in [0.1, 0.15) is 12.4 Å². The van der Waals surface area contributed by atoms with Crippen molar-refractivity contribution in [2.24, 2.45) is 0 Å². The Labute approximate surface area is 134 Å². The predicted molar refractivity (Wildman–Crippen MR) is 87.7 cm³/mol. The van der Waals surface area contributed by atoms with Gasteiger partial charge in [-0.1, -0.05) is 33.6 Å². The zero-order valence-corrected chi connectivity index (χ0v) is 14.1. The summed E-state index contributed by atoms with van der Waals surface area (Å²) in [4.78, 5) is 0. The molecule has 0 aromatic heterocycles. The molecule has 0 aliphatic rings. The summed E-state index contributed by atoms with van der Waals surface area (Å²) in [5, 5.41) is 0.779. The largest absolute Gasteiger partial charge is 0.496 e. The summed E-state index contributed by atoms with van der Waals surface area (Å²) >= 11 is 3.45.